The van der Waals surface area contributed by atoms with E-state index >= 15 is 0 Å². The molecule has 0 radical (unpaired) electrons. The molecule has 1 aliphatic heterocycles. The van der Waals surface area contributed by atoms with Gasteiger partial charge in [0.1, 0.15) is 13.2 Å². The predicted octanol–water partition coefficient (Wildman–Crippen LogP) is 3.58. The van der Waals surface area contributed by atoms with Crippen molar-refractivity contribution < 1.29 is 14.1 Å². The lowest BCUT2D eigenvalue weighted by molar-refractivity contribution is -0.498. The molecule has 0 amide bonds. The Morgan fingerprint density at radius 2 is 1.85 bits per heavy atom. The minimum Gasteiger partial charge on any atom is -0.460 e. The zero-order valence-corrected chi connectivity index (χ0v) is 20.1. The Labute approximate surface area is 199 Å². The summed E-state index contributed by atoms with van der Waals surface area (Å²) in [4.78, 5) is 12.4. The van der Waals surface area contributed by atoms with E-state index in [9.17, 15) is 4.79 Å². The lowest BCUT2D eigenvalue weighted by atomic mass is 10.1. The number of pyridine rings is 1. The summed E-state index contributed by atoms with van der Waals surface area (Å²) in [6.45, 7) is 7.54. The molecule has 0 saturated heterocycles. The SMILES string of the molecule is CC(OC=O)c1ccccc1.CC1=[N+](C)CCN(c2cnn3cc(-c4cnn(C)c4)ccc23)C1. The highest BCUT2D eigenvalue weighted by Gasteiger charge is 2.22. The molecule has 0 N–H and O–H groups in total. The average Bonchev–Trinajstić information content (AvgIpc) is 3.48. The molecule has 1 aliphatic rings. The molecule has 34 heavy (non-hydrogen) atoms. The number of benzene rings is 1. The topological polar surface area (TPSA) is 67.7 Å². The quantitative estimate of drug-likeness (QED) is 0.337. The molecule has 4 aromatic rings. The van der Waals surface area contributed by atoms with E-state index in [1.165, 1.54) is 11.4 Å². The van der Waals surface area contributed by atoms with Crippen molar-refractivity contribution in [2.45, 2.75) is 20.0 Å². The second-order valence-electron chi connectivity index (χ2n) is 8.54. The van der Waals surface area contributed by atoms with Crippen LogP contribution in [0.4, 0.5) is 5.69 Å². The first kappa shape index (κ1) is 23.2. The van der Waals surface area contributed by atoms with Crippen molar-refractivity contribution in [2.24, 2.45) is 7.05 Å². The number of likely N-dealkylation sites (N-methyl/N-ethyl adjacent to an activating group) is 1. The highest BCUT2D eigenvalue weighted by molar-refractivity contribution is 5.85. The number of hydrogen-bond acceptors (Lipinski definition) is 5. The van der Waals surface area contributed by atoms with Crippen molar-refractivity contribution in [3.05, 3.63) is 72.8 Å². The van der Waals surface area contributed by atoms with Crippen molar-refractivity contribution in [1.82, 2.24) is 19.4 Å². The zero-order valence-electron chi connectivity index (χ0n) is 20.1. The number of aromatic nitrogens is 4. The van der Waals surface area contributed by atoms with Crippen LogP contribution in [0, 0.1) is 0 Å². The van der Waals surface area contributed by atoms with Crippen molar-refractivity contribution in [3.8, 4) is 11.1 Å². The number of aryl methyl sites for hydroxylation is 1. The first-order chi connectivity index (χ1) is 16.5. The van der Waals surface area contributed by atoms with Gasteiger partial charge in [-0.05, 0) is 18.6 Å². The minimum absolute atomic E-state index is 0.145. The highest BCUT2D eigenvalue weighted by atomic mass is 16.5. The fourth-order valence-corrected chi connectivity index (χ4v) is 3.98. The Morgan fingerprint density at radius 3 is 2.53 bits per heavy atom. The number of carbonyl (C=O) groups is 1. The van der Waals surface area contributed by atoms with Gasteiger partial charge in [0, 0.05) is 37.5 Å². The van der Waals surface area contributed by atoms with Gasteiger partial charge in [-0.15, -0.1) is 0 Å². The zero-order chi connectivity index (χ0) is 24.1. The first-order valence-electron chi connectivity index (χ1n) is 11.3. The first-order valence-corrected chi connectivity index (χ1v) is 11.3. The molecule has 0 spiro atoms. The predicted molar refractivity (Wildman–Crippen MR) is 133 cm³/mol. The van der Waals surface area contributed by atoms with E-state index in [0.29, 0.717) is 6.47 Å². The lowest BCUT2D eigenvalue weighted by Gasteiger charge is -2.25. The molecule has 1 atom stereocenters. The van der Waals surface area contributed by atoms with Crippen LogP contribution in [0.1, 0.15) is 25.5 Å². The van der Waals surface area contributed by atoms with E-state index in [1.54, 1.807) is 0 Å². The Morgan fingerprint density at radius 1 is 1.06 bits per heavy atom. The van der Waals surface area contributed by atoms with Gasteiger partial charge < -0.3 is 9.64 Å². The van der Waals surface area contributed by atoms with Gasteiger partial charge in [0.25, 0.3) is 6.47 Å². The van der Waals surface area contributed by atoms with Gasteiger partial charge >= 0.3 is 0 Å². The molecule has 0 saturated carbocycles. The molecular formula is C26H31N6O2+. The fourth-order valence-electron chi connectivity index (χ4n) is 3.98. The van der Waals surface area contributed by atoms with Crippen LogP contribution in [0.5, 0.6) is 0 Å². The summed E-state index contributed by atoms with van der Waals surface area (Å²) in [5, 5.41) is 8.79. The summed E-state index contributed by atoms with van der Waals surface area (Å²) in [6, 6.07) is 13.9. The van der Waals surface area contributed by atoms with Crippen molar-refractivity contribution in [1.29, 1.82) is 0 Å². The number of fused-ring (bicyclic) bond motifs is 1. The Hall–Kier alpha value is -3.94. The average molecular weight is 460 g/mol. The third-order valence-electron chi connectivity index (χ3n) is 6.18. The third kappa shape index (κ3) is 5.17. The Kier molecular flexibility index (Phi) is 7.06. The largest absolute Gasteiger partial charge is 0.460 e. The summed E-state index contributed by atoms with van der Waals surface area (Å²) in [6.07, 6.45) is 7.80. The van der Waals surface area contributed by atoms with Gasteiger partial charge in [-0.1, -0.05) is 36.4 Å². The molecule has 8 heteroatoms. The van der Waals surface area contributed by atoms with E-state index in [0.717, 1.165) is 41.8 Å². The molecule has 4 heterocycles. The van der Waals surface area contributed by atoms with Crippen LogP contribution in [0.2, 0.25) is 0 Å². The van der Waals surface area contributed by atoms with Gasteiger partial charge in [-0.2, -0.15) is 10.2 Å². The Balaban J connectivity index is 0.000000210. The van der Waals surface area contributed by atoms with E-state index in [1.807, 2.05) is 72.1 Å². The van der Waals surface area contributed by atoms with Crippen LogP contribution < -0.4 is 4.90 Å². The number of hydrogen-bond donors (Lipinski definition) is 0. The van der Waals surface area contributed by atoms with Crippen LogP contribution >= 0.6 is 0 Å². The molecule has 5 rings (SSSR count). The van der Waals surface area contributed by atoms with Crippen molar-refractivity contribution >= 4 is 23.4 Å². The van der Waals surface area contributed by atoms with E-state index in [4.69, 9.17) is 4.74 Å². The summed E-state index contributed by atoms with van der Waals surface area (Å²) >= 11 is 0. The monoisotopic (exact) mass is 459 g/mol. The minimum atomic E-state index is -0.145. The second-order valence-corrected chi connectivity index (χ2v) is 8.54. The van der Waals surface area contributed by atoms with Gasteiger partial charge in [-0.3, -0.25) is 9.48 Å². The molecule has 0 aliphatic carbocycles. The number of nitrogens with zero attached hydrogens (tertiary/aromatic N) is 6. The van der Waals surface area contributed by atoms with Crippen molar-refractivity contribution in [3.63, 3.8) is 0 Å². The standard InChI is InChI=1S/C17H21N6.C9H10O2/c1-13-10-22(7-6-20(13)2)17-9-19-23-12-14(4-5-16(17)23)15-8-18-21(3)11-15;1-8(11-7-10)9-5-3-2-4-6-9/h4-5,8-9,11-12H,6-7,10H2,1-3H3;2-8H,1H3/q+1;. The Bertz CT molecular complexity index is 1290. The molecule has 1 aromatic carbocycles. The summed E-state index contributed by atoms with van der Waals surface area (Å²) in [5.74, 6) is 0. The number of rotatable bonds is 5. The maximum Gasteiger partial charge on any atom is 0.293 e. The van der Waals surface area contributed by atoms with E-state index in [2.05, 4.69) is 52.0 Å². The smallest absolute Gasteiger partial charge is 0.293 e. The van der Waals surface area contributed by atoms with Crippen LogP contribution in [0.15, 0.2) is 67.3 Å². The number of anilines is 1. The number of carbonyl (C=O) groups excluding carboxylic acids is 1. The molecule has 176 valence electrons. The summed E-state index contributed by atoms with van der Waals surface area (Å²) < 4.78 is 10.8. The van der Waals surface area contributed by atoms with E-state index in [-0.39, 0.29) is 6.10 Å². The maximum absolute atomic E-state index is 9.97. The molecule has 0 bridgehead atoms. The second kappa shape index (κ2) is 10.3. The van der Waals surface area contributed by atoms with Gasteiger partial charge in [-0.25, -0.2) is 9.09 Å². The lowest BCUT2D eigenvalue weighted by Crippen LogP contribution is -2.42. The molecule has 3 aromatic heterocycles. The molecule has 0 fully saturated rings. The summed E-state index contributed by atoms with van der Waals surface area (Å²) in [7, 11) is 4.09. The van der Waals surface area contributed by atoms with Crippen LogP contribution in [0.3, 0.4) is 0 Å². The third-order valence-corrected chi connectivity index (χ3v) is 6.18. The molecular weight excluding hydrogens is 428 g/mol. The summed E-state index contributed by atoms with van der Waals surface area (Å²) in [5.41, 5.74) is 6.99. The van der Waals surface area contributed by atoms with Crippen LogP contribution in [0.25, 0.3) is 16.6 Å². The molecule has 8 nitrogen and oxygen atoms in total. The highest BCUT2D eigenvalue weighted by Crippen LogP contribution is 2.26. The molecule has 1 unspecified atom stereocenters. The van der Waals surface area contributed by atoms with Crippen LogP contribution in [-0.4, -0.2) is 62.8 Å². The normalized spacial score (nSPS) is 14.5. The van der Waals surface area contributed by atoms with Gasteiger partial charge in [0.15, 0.2) is 12.3 Å². The van der Waals surface area contributed by atoms with Crippen molar-refractivity contribution in [2.75, 3.05) is 31.6 Å². The van der Waals surface area contributed by atoms with Gasteiger partial charge in [0.2, 0.25) is 0 Å². The fraction of sp³-hybridized carbons (Fsp3) is 0.308. The maximum atomic E-state index is 9.97. The van der Waals surface area contributed by atoms with E-state index < -0.39 is 0 Å². The van der Waals surface area contributed by atoms with Gasteiger partial charge in [0.05, 0.1) is 36.7 Å². The van der Waals surface area contributed by atoms with Crippen LogP contribution in [-0.2, 0) is 16.6 Å². The number of ether oxygens (including phenoxy) is 1.